The summed E-state index contributed by atoms with van der Waals surface area (Å²) in [6.07, 6.45) is 30.4. The van der Waals surface area contributed by atoms with E-state index in [9.17, 15) is 45.6 Å². The molecule has 0 spiro atoms. The van der Waals surface area contributed by atoms with E-state index in [4.69, 9.17) is 18.9 Å². The number of carbonyl (C=O) groups excluding carboxylic acids is 1. The fraction of sp³-hybridized carbons (Fsp3) is 0.870. The zero-order valence-electron chi connectivity index (χ0n) is 42.3. The second-order valence-corrected chi connectivity index (χ2v) is 19.3. The van der Waals surface area contributed by atoms with E-state index in [0.717, 1.165) is 32.1 Å². The first-order valence-corrected chi connectivity index (χ1v) is 27.2. The van der Waals surface area contributed by atoms with Crippen LogP contribution in [0.15, 0.2) is 36.5 Å². The molecule has 12 atom stereocenters. The fourth-order valence-corrected chi connectivity index (χ4v) is 8.83. The van der Waals surface area contributed by atoms with Gasteiger partial charge in [0, 0.05) is 6.42 Å². The van der Waals surface area contributed by atoms with Crippen molar-refractivity contribution in [3.63, 3.8) is 0 Å². The third-order valence-corrected chi connectivity index (χ3v) is 13.3. The van der Waals surface area contributed by atoms with Crippen LogP contribution in [-0.2, 0) is 23.7 Å². The van der Waals surface area contributed by atoms with Crippen molar-refractivity contribution in [3.05, 3.63) is 36.5 Å². The second-order valence-electron chi connectivity index (χ2n) is 19.3. The molecule has 2 aliphatic heterocycles. The van der Waals surface area contributed by atoms with Gasteiger partial charge in [-0.05, 0) is 57.8 Å². The summed E-state index contributed by atoms with van der Waals surface area (Å²) in [5.41, 5.74) is 0. The Morgan fingerprint density at radius 1 is 0.515 bits per heavy atom. The van der Waals surface area contributed by atoms with E-state index in [1.165, 1.54) is 141 Å². The van der Waals surface area contributed by atoms with Crippen molar-refractivity contribution in [3.8, 4) is 0 Å². The number of hydrogen-bond acceptors (Lipinski definition) is 13. The molecule has 0 saturated carbocycles. The molecule has 68 heavy (non-hydrogen) atoms. The predicted molar refractivity (Wildman–Crippen MR) is 268 cm³/mol. The van der Waals surface area contributed by atoms with E-state index in [1.54, 1.807) is 6.08 Å². The molecule has 9 N–H and O–H groups in total. The number of amides is 1. The maximum atomic E-state index is 13.2. The Morgan fingerprint density at radius 3 is 1.44 bits per heavy atom. The van der Waals surface area contributed by atoms with E-state index < -0.39 is 86.8 Å². The van der Waals surface area contributed by atoms with E-state index in [2.05, 4.69) is 43.5 Å². The summed E-state index contributed by atoms with van der Waals surface area (Å²) >= 11 is 0. The van der Waals surface area contributed by atoms with Crippen molar-refractivity contribution >= 4 is 5.91 Å². The zero-order valence-corrected chi connectivity index (χ0v) is 42.3. The molecule has 2 heterocycles. The number of aliphatic hydroxyl groups is 8. The molecule has 2 rings (SSSR count). The first-order chi connectivity index (χ1) is 33.1. The van der Waals surface area contributed by atoms with Gasteiger partial charge in [-0.25, -0.2) is 0 Å². The smallest absolute Gasteiger partial charge is 0.220 e. The van der Waals surface area contributed by atoms with Crippen molar-refractivity contribution in [2.24, 2.45) is 0 Å². The molecule has 398 valence electrons. The second kappa shape index (κ2) is 40.8. The molecule has 2 fully saturated rings. The quantitative estimate of drug-likeness (QED) is 0.0210. The van der Waals surface area contributed by atoms with E-state index in [-0.39, 0.29) is 18.9 Å². The van der Waals surface area contributed by atoms with Gasteiger partial charge in [0.05, 0.1) is 32.0 Å². The van der Waals surface area contributed by atoms with Gasteiger partial charge in [0.25, 0.3) is 0 Å². The summed E-state index contributed by atoms with van der Waals surface area (Å²) in [5, 5.41) is 86.8. The molecule has 14 heteroatoms. The highest BCUT2D eigenvalue weighted by Crippen LogP contribution is 2.30. The van der Waals surface area contributed by atoms with Crippen molar-refractivity contribution in [2.75, 3.05) is 19.8 Å². The Balaban J connectivity index is 1.80. The molecule has 12 unspecified atom stereocenters. The van der Waals surface area contributed by atoms with Crippen molar-refractivity contribution < 1.29 is 64.6 Å². The van der Waals surface area contributed by atoms with Gasteiger partial charge in [-0.2, -0.15) is 0 Å². The minimum Gasteiger partial charge on any atom is -0.394 e. The highest BCUT2D eigenvalue weighted by Gasteiger charge is 2.51. The Labute approximate surface area is 411 Å². The minimum atomic E-state index is -1.79. The summed E-state index contributed by atoms with van der Waals surface area (Å²) in [5.74, 6) is -0.252. The standard InChI is InChI=1S/C54H99NO13/c1-3-5-7-9-11-13-15-17-18-19-20-21-22-23-24-26-28-30-32-34-36-38-46(59)55-42(43(58)37-35-33-31-29-27-25-16-14-12-10-8-6-4-2)41-65-53-51(64)49(62)52(45(40-57)67-53)68-54-50(63)48(61)47(60)44(39-56)66-54/h19-20,27,29,35,37,42-45,47-54,56-58,60-64H,3-18,21-26,28,30-34,36,38-41H2,1-2H3,(H,55,59)/b20-19-,29-27+,37-35+. The molecule has 1 amide bonds. The van der Waals surface area contributed by atoms with Crippen LogP contribution >= 0.6 is 0 Å². The number of ether oxygens (including phenoxy) is 4. The topological polar surface area (TPSA) is 228 Å². The average Bonchev–Trinajstić information content (AvgIpc) is 3.34. The van der Waals surface area contributed by atoms with Gasteiger partial charge < -0.3 is 65.1 Å². The van der Waals surface area contributed by atoms with Crippen LogP contribution in [0.25, 0.3) is 0 Å². The summed E-state index contributed by atoms with van der Waals surface area (Å²) in [6, 6.07) is -0.930. The normalized spacial score (nSPS) is 26.6. The van der Waals surface area contributed by atoms with Gasteiger partial charge in [-0.1, -0.05) is 179 Å². The van der Waals surface area contributed by atoms with Crippen LogP contribution in [0.1, 0.15) is 206 Å². The maximum Gasteiger partial charge on any atom is 0.220 e. The Morgan fingerprint density at radius 2 is 0.941 bits per heavy atom. The van der Waals surface area contributed by atoms with Crippen molar-refractivity contribution in [1.29, 1.82) is 0 Å². The van der Waals surface area contributed by atoms with Gasteiger partial charge in [0.1, 0.15) is 48.8 Å². The van der Waals surface area contributed by atoms with Gasteiger partial charge in [-0.3, -0.25) is 4.79 Å². The van der Waals surface area contributed by atoms with Crippen LogP contribution in [0.3, 0.4) is 0 Å². The number of rotatable bonds is 42. The van der Waals surface area contributed by atoms with Gasteiger partial charge >= 0.3 is 0 Å². The highest BCUT2D eigenvalue weighted by atomic mass is 16.7. The Bertz CT molecular complexity index is 1280. The average molecular weight is 970 g/mol. The molecule has 2 aliphatic rings. The van der Waals surface area contributed by atoms with Crippen LogP contribution in [0.2, 0.25) is 0 Å². The molecule has 2 saturated heterocycles. The third-order valence-electron chi connectivity index (χ3n) is 13.3. The first-order valence-electron chi connectivity index (χ1n) is 27.2. The lowest BCUT2D eigenvalue weighted by Crippen LogP contribution is -2.65. The largest absolute Gasteiger partial charge is 0.394 e. The molecule has 0 aromatic rings. The molecular formula is C54H99NO13. The number of nitrogens with one attached hydrogen (secondary N) is 1. The van der Waals surface area contributed by atoms with Crippen LogP contribution in [0.4, 0.5) is 0 Å². The predicted octanol–water partition coefficient (Wildman–Crippen LogP) is 7.88. The zero-order chi connectivity index (χ0) is 49.6. The van der Waals surface area contributed by atoms with Crippen LogP contribution in [0.5, 0.6) is 0 Å². The van der Waals surface area contributed by atoms with Crippen LogP contribution in [0, 0.1) is 0 Å². The van der Waals surface area contributed by atoms with Gasteiger partial charge in [0.15, 0.2) is 12.6 Å². The lowest BCUT2D eigenvalue weighted by molar-refractivity contribution is -0.359. The maximum absolute atomic E-state index is 13.2. The number of carbonyl (C=O) groups is 1. The van der Waals surface area contributed by atoms with E-state index in [0.29, 0.717) is 12.8 Å². The Hall–Kier alpha value is -1.79. The number of unbranched alkanes of at least 4 members (excludes halogenated alkanes) is 25. The van der Waals surface area contributed by atoms with Crippen LogP contribution in [-0.4, -0.2) is 140 Å². The SMILES string of the molecule is CCCCCCCCC/C=C/CC/C=C/C(O)C(COC1OC(CO)C(OC2OC(CO)C(O)C(O)C2O)C(O)C1O)NC(=O)CCCCCCCCCCC/C=C\CCCCCCCCCC. The fourth-order valence-electron chi connectivity index (χ4n) is 8.83. The molecule has 0 aromatic carbocycles. The van der Waals surface area contributed by atoms with Gasteiger partial charge in [0.2, 0.25) is 5.91 Å². The van der Waals surface area contributed by atoms with Gasteiger partial charge in [-0.15, -0.1) is 0 Å². The number of hydrogen-bond donors (Lipinski definition) is 9. The first kappa shape index (κ1) is 62.3. The molecule has 0 radical (unpaired) electrons. The molecule has 0 aromatic heterocycles. The summed E-state index contributed by atoms with van der Waals surface area (Å²) in [6.45, 7) is 2.76. The lowest BCUT2D eigenvalue weighted by atomic mass is 9.97. The molecule has 0 bridgehead atoms. The lowest BCUT2D eigenvalue weighted by Gasteiger charge is -2.46. The van der Waals surface area contributed by atoms with Crippen LogP contribution < -0.4 is 5.32 Å². The monoisotopic (exact) mass is 970 g/mol. The van der Waals surface area contributed by atoms with Crippen molar-refractivity contribution in [1.82, 2.24) is 5.32 Å². The summed E-state index contributed by atoms with van der Waals surface area (Å²) < 4.78 is 22.7. The van der Waals surface area contributed by atoms with E-state index in [1.807, 2.05) is 6.08 Å². The number of aliphatic hydroxyl groups excluding tert-OH is 8. The Kier molecular flexibility index (Phi) is 37.4. The molecular weight excluding hydrogens is 871 g/mol. The molecule has 14 nitrogen and oxygen atoms in total. The number of allylic oxidation sites excluding steroid dienone is 5. The summed E-state index contributed by atoms with van der Waals surface area (Å²) in [7, 11) is 0. The summed E-state index contributed by atoms with van der Waals surface area (Å²) in [4.78, 5) is 13.2. The third kappa shape index (κ3) is 27.1. The van der Waals surface area contributed by atoms with Crippen molar-refractivity contribution in [2.45, 2.75) is 280 Å². The highest BCUT2D eigenvalue weighted by molar-refractivity contribution is 5.76. The van der Waals surface area contributed by atoms with E-state index >= 15 is 0 Å². The molecule has 0 aliphatic carbocycles. The minimum absolute atomic E-state index is 0.252.